The summed E-state index contributed by atoms with van der Waals surface area (Å²) in [6.07, 6.45) is 6.30. The van der Waals surface area contributed by atoms with Gasteiger partial charge >= 0.3 is 0 Å². The molecular formula is C13H21NO3. The maximum absolute atomic E-state index is 12.2. The van der Waals surface area contributed by atoms with Gasteiger partial charge in [0.1, 0.15) is 0 Å². The molecule has 3 fully saturated rings. The van der Waals surface area contributed by atoms with Gasteiger partial charge < -0.3 is 14.4 Å². The number of piperidine rings is 1. The number of amides is 1. The van der Waals surface area contributed by atoms with Crippen molar-refractivity contribution in [1.29, 1.82) is 0 Å². The van der Waals surface area contributed by atoms with Crippen LogP contribution in [-0.4, -0.2) is 42.9 Å². The van der Waals surface area contributed by atoms with Crippen LogP contribution in [0.5, 0.6) is 0 Å². The van der Waals surface area contributed by atoms with E-state index in [1.807, 2.05) is 4.90 Å². The maximum Gasteiger partial charge on any atom is 0.225 e. The molecule has 0 aromatic rings. The van der Waals surface area contributed by atoms with Gasteiger partial charge in [0.25, 0.3) is 0 Å². The summed E-state index contributed by atoms with van der Waals surface area (Å²) in [5.74, 6) is 0.316. The third kappa shape index (κ3) is 2.20. The topological polar surface area (TPSA) is 38.8 Å². The molecule has 4 heteroatoms. The van der Waals surface area contributed by atoms with Crippen molar-refractivity contribution < 1.29 is 14.3 Å². The summed E-state index contributed by atoms with van der Waals surface area (Å²) in [7, 11) is 0. The second-order valence-electron chi connectivity index (χ2n) is 5.41. The lowest BCUT2D eigenvalue weighted by Crippen LogP contribution is -2.48. The largest absolute Gasteiger partial charge is 0.347 e. The van der Waals surface area contributed by atoms with Crippen LogP contribution >= 0.6 is 0 Å². The van der Waals surface area contributed by atoms with Gasteiger partial charge in [-0.05, 0) is 12.8 Å². The predicted molar refractivity (Wildman–Crippen MR) is 62.4 cm³/mol. The second-order valence-corrected chi connectivity index (χ2v) is 5.41. The van der Waals surface area contributed by atoms with E-state index in [-0.39, 0.29) is 5.79 Å². The number of nitrogens with zero attached hydrogens (tertiary/aromatic N) is 1. The third-order valence-electron chi connectivity index (χ3n) is 4.35. The molecule has 1 spiro atoms. The number of hydrogen-bond acceptors (Lipinski definition) is 3. The SMILES string of the molecule is O=C(C1CCCC1)N1CCC2(CC1)OCCO2. The van der Waals surface area contributed by atoms with E-state index in [0.717, 1.165) is 38.8 Å². The summed E-state index contributed by atoms with van der Waals surface area (Å²) in [4.78, 5) is 14.3. The van der Waals surface area contributed by atoms with Crippen molar-refractivity contribution in [2.75, 3.05) is 26.3 Å². The number of likely N-dealkylation sites (tertiary alicyclic amines) is 1. The van der Waals surface area contributed by atoms with Crippen LogP contribution in [0.3, 0.4) is 0 Å². The zero-order chi connectivity index (χ0) is 11.7. The van der Waals surface area contributed by atoms with E-state index in [9.17, 15) is 4.79 Å². The zero-order valence-electron chi connectivity index (χ0n) is 10.3. The van der Waals surface area contributed by atoms with Crippen molar-refractivity contribution in [3.8, 4) is 0 Å². The Morgan fingerprint density at radius 3 is 2.24 bits per heavy atom. The summed E-state index contributed by atoms with van der Waals surface area (Å²) >= 11 is 0. The van der Waals surface area contributed by atoms with Crippen LogP contribution in [0.25, 0.3) is 0 Å². The monoisotopic (exact) mass is 239 g/mol. The molecule has 0 aromatic heterocycles. The number of rotatable bonds is 1. The fourth-order valence-corrected chi connectivity index (χ4v) is 3.28. The Morgan fingerprint density at radius 1 is 1.06 bits per heavy atom. The molecule has 0 bridgehead atoms. The minimum Gasteiger partial charge on any atom is -0.347 e. The van der Waals surface area contributed by atoms with Crippen molar-refractivity contribution in [2.45, 2.75) is 44.3 Å². The van der Waals surface area contributed by atoms with E-state index in [1.165, 1.54) is 12.8 Å². The first-order chi connectivity index (χ1) is 8.29. The average molecular weight is 239 g/mol. The minimum atomic E-state index is -0.355. The molecule has 3 aliphatic rings. The second kappa shape index (κ2) is 4.58. The van der Waals surface area contributed by atoms with Gasteiger partial charge in [-0.1, -0.05) is 12.8 Å². The maximum atomic E-state index is 12.2. The first-order valence-electron chi connectivity index (χ1n) is 6.86. The molecule has 0 unspecified atom stereocenters. The number of hydrogen-bond donors (Lipinski definition) is 0. The summed E-state index contributed by atoms with van der Waals surface area (Å²) < 4.78 is 11.3. The molecule has 1 amide bonds. The number of carbonyl (C=O) groups is 1. The van der Waals surface area contributed by atoms with Gasteiger partial charge in [-0.15, -0.1) is 0 Å². The van der Waals surface area contributed by atoms with Crippen molar-refractivity contribution in [3.05, 3.63) is 0 Å². The van der Waals surface area contributed by atoms with Crippen LogP contribution in [0.1, 0.15) is 38.5 Å². The number of carbonyl (C=O) groups excluding carboxylic acids is 1. The van der Waals surface area contributed by atoms with Crippen LogP contribution in [-0.2, 0) is 14.3 Å². The first-order valence-corrected chi connectivity index (χ1v) is 6.86. The van der Waals surface area contributed by atoms with Gasteiger partial charge in [0, 0.05) is 31.8 Å². The highest BCUT2D eigenvalue weighted by molar-refractivity contribution is 5.79. The standard InChI is InChI=1S/C13H21NO3/c15-12(11-3-1-2-4-11)14-7-5-13(6-8-14)16-9-10-17-13/h11H,1-10H2. The molecule has 96 valence electrons. The van der Waals surface area contributed by atoms with E-state index in [1.54, 1.807) is 0 Å². The molecule has 2 heterocycles. The molecule has 0 radical (unpaired) electrons. The third-order valence-corrected chi connectivity index (χ3v) is 4.35. The Hall–Kier alpha value is -0.610. The lowest BCUT2D eigenvalue weighted by Gasteiger charge is -2.38. The van der Waals surface area contributed by atoms with Gasteiger partial charge in [-0.2, -0.15) is 0 Å². The van der Waals surface area contributed by atoms with Gasteiger partial charge in [-0.25, -0.2) is 0 Å². The Bertz CT molecular complexity index is 283. The number of ether oxygens (including phenoxy) is 2. The molecule has 2 saturated heterocycles. The molecular weight excluding hydrogens is 218 g/mol. The quantitative estimate of drug-likeness (QED) is 0.696. The van der Waals surface area contributed by atoms with E-state index in [4.69, 9.17) is 9.47 Å². The molecule has 1 aliphatic carbocycles. The van der Waals surface area contributed by atoms with E-state index in [2.05, 4.69) is 0 Å². The Morgan fingerprint density at radius 2 is 1.65 bits per heavy atom. The fourth-order valence-electron chi connectivity index (χ4n) is 3.28. The average Bonchev–Trinajstić information content (AvgIpc) is 3.01. The molecule has 3 rings (SSSR count). The molecule has 0 atom stereocenters. The van der Waals surface area contributed by atoms with Gasteiger partial charge in [0.15, 0.2) is 5.79 Å². The minimum absolute atomic E-state index is 0.300. The van der Waals surface area contributed by atoms with E-state index < -0.39 is 0 Å². The summed E-state index contributed by atoms with van der Waals surface area (Å²) in [6.45, 7) is 3.01. The van der Waals surface area contributed by atoms with Gasteiger partial charge in [0.05, 0.1) is 13.2 Å². The molecule has 17 heavy (non-hydrogen) atoms. The van der Waals surface area contributed by atoms with Gasteiger partial charge in [0.2, 0.25) is 5.91 Å². The van der Waals surface area contributed by atoms with Crippen LogP contribution < -0.4 is 0 Å². The van der Waals surface area contributed by atoms with E-state index in [0.29, 0.717) is 25.0 Å². The van der Waals surface area contributed by atoms with Gasteiger partial charge in [-0.3, -0.25) is 4.79 Å². The molecule has 2 aliphatic heterocycles. The smallest absolute Gasteiger partial charge is 0.225 e. The highest BCUT2D eigenvalue weighted by Crippen LogP contribution is 2.33. The Balaban J connectivity index is 1.55. The molecule has 0 N–H and O–H groups in total. The summed E-state index contributed by atoms with van der Waals surface area (Å²) in [6, 6.07) is 0. The highest BCUT2D eigenvalue weighted by atomic mass is 16.7. The van der Waals surface area contributed by atoms with Crippen LogP contribution in [0.15, 0.2) is 0 Å². The summed E-state index contributed by atoms with van der Waals surface area (Å²) in [5.41, 5.74) is 0. The van der Waals surface area contributed by atoms with E-state index >= 15 is 0 Å². The normalized spacial score (nSPS) is 29.1. The van der Waals surface area contributed by atoms with Crippen molar-refractivity contribution in [1.82, 2.24) is 4.90 Å². The molecule has 1 saturated carbocycles. The zero-order valence-corrected chi connectivity index (χ0v) is 10.3. The lowest BCUT2D eigenvalue weighted by molar-refractivity contribution is -0.188. The fraction of sp³-hybridized carbons (Fsp3) is 0.923. The Labute approximate surface area is 102 Å². The molecule has 4 nitrogen and oxygen atoms in total. The predicted octanol–water partition coefficient (Wildman–Crippen LogP) is 1.54. The highest BCUT2D eigenvalue weighted by Gasteiger charge is 2.41. The lowest BCUT2D eigenvalue weighted by atomic mass is 10.0. The molecule has 0 aromatic carbocycles. The summed E-state index contributed by atoms with van der Waals surface area (Å²) in [5, 5.41) is 0. The van der Waals surface area contributed by atoms with Crippen molar-refractivity contribution in [3.63, 3.8) is 0 Å². The van der Waals surface area contributed by atoms with Crippen molar-refractivity contribution >= 4 is 5.91 Å². The Kier molecular flexibility index (Phi) is 3.09. The van der Waals surface area contributed by atoms with Crippen LogP contribution in [0.2, 0.25) is 0 Å². The van der Waals surface area contributed by atoms with Crippen molar-refractivity contribution in [2.24, 2.45) is 5.92 Å². The van der Waals surface area contributed by atoms with Crippen LogP contribution in [0.4, 0.5) is 0 Å². The first kappa shape index (κ1) is 11.5. The van der Waals surface area contributed by atoms with Crippen LogP contribution in [0, 0.1) is 5.92 Å².